The zero-order chi connectivity index (χ0) is 25.2. The van der Waals surface area contributed by atoms with Gasteiger partial charge in [-0.3, -0.25) is 9.69 Å². The zero-order valence-corrected chi connectivity index (χ0v) is 21.1. The van der Waals surface area contributed by atoms with Crippen LogP contribution < -0.4 is 14.8 Å². The molecule has 2 aliphatic heterocycles. The van der Waals surface area contributed by atoms with Crippen molar-refractivity contribution in [2.24, 2.45) is 5.92 Å². The number of ether oxygens (including phenoxy) is 2. The van der Waals surface area contributed by atoms with Crippen LogP contribution >= 0.6 is 11.6 Å². The van der Waals surface area contributed by atoms with Crippen molar-refractivity contribution in [2.75, 3.05) is 45.2 Å². The predicted molar refractivity (Wildman–Crippen MR) is 137 cm³/mol. The maximum absolute atomic E-state index is 13.6. The van der Waals surface area contributed by atoms with Crippen LogP contribution in [0.3, 0.4) is 0 Å². The van der Waals surface area contributed by atoms with Crippen molar-refractivity contribution in [3.8, 4) is 11.5 Å². The van der Waals surface area contributed by atoms with Crippen LogP contribution in [0.25, 0.3) is 10.9 Å². The van der Waals surface area contributed by atoms with E-state index < -0.39 is 5.82 Å². The van der Waals surface area contributed by atoms with Gasteiger partial charge in [0.1, 0.15) is 18.0 Å². The highest BCUT2D eigenvalue weighted by Gasteiger charge is 2.41. The van der Waals surface area contributed by atoms with Crippen LogP contribution in [0.15, 0.2) is 36.7 Å². The summed E-state index contributed by atoms with van der Waals surface area (Å²) in [6.07, 6.45) is 3.45. The second kappa shape index (κ2) is 10.4. The quantitative estimate of drug-likeness (QED) is 0.444. The number of likely N-dealkylation sites (tertiary alicyclic amines) is 2. The monoisotopic (exact) mass is 513 g/mol. The summed E-state index contributed by atoms with van der Waals surface area (Å²) in [7, 11) is 1.60. The van der Waals surface area contributed by atoms with Gasteiger partial charge in [-0.15, -0.1) is 0 Å². The summed E-state index contributed by atoms with van der Waals surface area (Å²) in [5.74, 6) is 2.00. The highest BCUT2D eigenvalue weighted by molar-refractivity contribution is 6.31. The smallest absolute Gasteiger partial charge is 0.219 e. The molecule has 2 saturated heterocycles. The summed E-state index contributed by atoms with van der Waals surface area (Å²) in [5.41, 5.74) is 1.29. The Balaban J connectivity index is 1.26. The lowest BCUT2D eigenvalue weighted by atomic mass is 10.1. The fourth-order valence-electron chi connectivity index (χ4n) is 5.18. The van der Waals surface area contributed by atoms with E-state index in [2.05, 4.69) is 20.2 Å². The average molecular weight is 514 g/mol. The molecule has 1 amide bonds. The summed E-state index contributed by atoms with van der Waals surface area (Å²) in [4.78, 5) is 24.9. The number of amides is 1. The molecule has 3 heterocycles. The molecule has 2 fully saturated rings. The summed E-state index contributed by atoms with van der Waals surface area (Å²) < 4.78 is 25.2. The molecule has 3 aromatic rings. The maximum atomic E-state index is 13.6. The lowest BCUT2D eigenvalue weighted by Gasteiger charge is -2.24. The van der Waals surface area contributed by atoms with E-state index in [1.165, 1.54) is 18.5 Å². The third-order valence-electron chi connectivity index (χ3n) is 7.06. The number of benzene rings is 2. The SMILES string of the molecule is COc1cc2ncnc(Nc3ccc(F)c(Cl)c3)c2cc1OCCCN1CCC2CN(C(C)=O)CC21. The Morgan fingerprint density at radius 1 is 1.22 bits per heavy atom. The first-order valence-corrected chi connectivity index (χ1v) is 12.5. The highest BCUT2D eigenvalue weighted by Crippen LogP contribution is 2.35. The number of anilines is 2. The van der Waals surface area contributed by atoms with Crippen molar-refractivity contribution in [3.63, 3.8) is 0 Å². The van der Waals surface area contributed by atoms with Gasteiger partial charge in [0.2, 0.25) is 5.91 Å². The number of hydrogen-bond acceptors (Lipinski definition) is 7. The minimum Gasteiger partial charge on any atom is -0.493 e. The molecule has 10 heteroatoms. The van der Waals surface area contributed by atoms with Crippen LogP contribution in [-0.2, 0) is 4.79 Å². The predicted octanol–water partition coefficient (Wildman–Crippen LogP) is 4.50. The van der Waals surface area contributed by atoms with Gasteiger partial charge in [0, 0.05) is 49.7 Å². The van der Waals surface area contributed by atoms with Crippen molar-refractivity contribution in [1.29, 1.82) is 0 Å². The summed E-state index contributed by atoms with van der Waals surface area (Å²) in [5, 5.41) is 3.95. The molecule has 1 aromatic heterocycles. The number of nitrogens with zero attached hydrogens (tertiary/aromatic N) is 4. The molecule has 8 nitrogen and oxygen atoms in total. The number of hydrogen-bond donors (Lipinski definition) is 1. The molecule has 2 aliphatic rings. The maximum Gasteiger partial charge on any atom is 0.219 e. The number of rotatable bonds is 8. The van der Waals surface area contributed by atoms with E-state index in [9.17, 15) is 9.18 Å². The van der Waals surface area contributed by atoms with Crippen molar-refractivity contribution < 1.29 is 18.7 Å². The standard InChI is InChI=1S/C26H29ClFN5O3/c1-16(34)33-13-17-6-8-32(23(17)14-33)7-3-9-36-25-11-19-22(12-24(25)35-2)29-15-30-26(19)31-18-4-5-21(28)20(27)10-18/h4-5,10-12,15,17,23H,3,6-9,13-14H2,1-2H3,(H,29,30,31). The van der Waals surface area contributed by atoms with Gasteiger partial charge in [-0.2, -0.15) is 0 Å². The molecule has 0 aliphatic carbocycles. The van der Waals surface area contributed by atoms with Crippen LogP contribution in [0.5, 0.6) is 11.5 Å². The number of carbonyl (C=O) groups excluding carboxylic acids is 1. The molecule has 0 spiro atoms. The van der Waals surface area contributed by atoms with Crippen LogP contribution in [0.2, 0.25) is 5.02 Å². The molecular formula is C26H29ClFN5O3. The van der Waals surface area contributed by atoms with E-state index in [-0.39, 0.29) is 10.9 Å². The van der Waals surface area contributed by atoms with Crippen LogP contribution in [-0.4, -0.2) is 71.6 Å². The Hall–Kier alpha value is -3.17. The number of carbonyl (C=O) groups is 1. The molecule has 2 unspecified atom stereocenters. The lowest BCUT2D eigenvalue weighted by molar-refractivity contribution is -0.128. The molecule has 0 radical (unpaired) electrons. The molecule has 5 rings (SSSR count). The van der Waals surface area contributed by atoms with E-state index in [1.807, 2.05) is 17.0 Å². The van der Waals surface area contributed by atoms with E-state index in [4.69, 9.17) is 21.1 Å². The zero-order valence-electron chi connectivity index (χ0n) is 20.3. The van der Waals surface area contributed by atoms with Crippen LogP contribution in [0.1, 0.15) is 19.8 Å². The van der Waals surface area contributed by atoms with Gasteiger partial charge in [0.25, 0.3) is 0 Å². The minimum absolute atomic E-state index is 0.0278. The largest absolute Gasteiger partial charge is 0.493 e. The van der Waals surface area contributed by atoms with Gasteiger partial charge in [-0.25, -0.2) is 14.4 Å². The number of aromatic nitrogens is 2. The third-order valence-corrected chi connectivity index (χ3v) is 7.35. The van der Waals surface area contributed by atoms with Gasteiger partial charge >= 0.3 is 0 Å². The third kappa shape index (κ3) is 5.03. The number of fused-ring (bicyclic) bond motifs is 2. The first-order valence-electron chi connectivity index (χ1n) is 12.1. The van der Waals surface area contributed by atoms with E-state index in [1.54, 1.807) is 20.1 Å². The summed E-state index contributed by atoms with van der Waals surface area (Å²) in [6, 6.07) is 8.53. The van der Waals surface area contributed by atoms with Crippen molar-refractivity contribution in [1.82, 2.24) is 19.8 Å². The van der Waals surface area contributed by atoms with Gasteiger partial charge in [0.05, 0.1) is 24.3 Å². The minimum atomic E-state index is -0.483. The van der Waals surface area contributed by atoms with Gasteiger partial charge in [-0.1, -0.05) is 11.6 Å². The molecule has 2 atom stereocenters. The van der Waals surface area contributed by atoms with E-state index >= 15 is 0 Å². The topological polar surface area (TPSA) is 79.8 Å². The average Bonchev–Trinajstić information content (AvgIpc) is 3.46. The van der Waals surface area contributed by atoms with Gasteiger partial charge in [-0.05, 0) is 49.6 Å². The number of halogens is 2. The van der Waals surface area contributed by atoms with Crippen LogP contribution in [0.4, 0.5) is 15.9 Å². The Labute approximate surface area is 214 Å². The molecule has 2 aromatic carbocycles. The molecule has 0 bridgehead atoms. The molecular weight excluding hydrogens is 485 g/mol. The lowest BCUT2D eigenvalue weighted by Crippen LogP contribution is -2.37. The molecule has 190 valence electrons. The summed E-state index contributed by atoms with van der Waals surface area (Å²) in [6.45, 7) is 5.87. The Bertz CT molecular complexity index is 1280. The second-order valence-electron chi connectivity index (χ2n) is 9.27. The van der Waals surface area contributed by atoms with Crippen molar-refractivity contribution in [3.05, 3.63) is 47.5 Å². The van der Waals surface area contributed by atoms with Gasteiger partial charge in [0.15, 0.2) is 11.5 Å². The van der Waals surface area contributed by atoms with E-state index in [0.717, 1.165) is 44.4 Å². The Morgan fingerprint density at radius 3 is 2.86 bits per heavy atom. The molecule has 0 saturated carbocycles. The van der Waals surface area contributed by atoms with E-state index in [0.29, 0.717) is 47.1 Å². The number of nitrogens with one attached hydrogen (secondary N) is 1. The Kier molecular flexibility index (Phi) is 7.11. The Morgan fingerprint density at radius 2 is 2.08 bits per heavy atom. The molecule has 36 heavy (non-hydrogen) atoms. The van der Waals surface area contributed by atoms with Crippen LogP contribution in [0, 0.1) is 11.7 Å². The normalized spacial score (nSPS) is 19.5. The van der Waals surface area contributed by atoms with Crippen molar-refractivity contribution >= 4 is 39.9 Å². The summed E-state index contributed by atoms with van der Waals surface area (Å²) >= 11 is 5.93. The highest BCUT2D eigenvalue weighted by atomic mass is 35.5. The molecule has 1 N–H and O–H groups in total. The fraction of sp³-hybridized carbons (Fsp3) is 0.423. The number of methoxy groups -OCH3 is 1. The first kappa shape index (κ1) is 24.5. The second-order valence-corrected chi connectivity index (χ2v) is 9.68. The van der Waals surface area contributed by atoms with Crippen molar-refractivity contribution in [2.45, 2.75) is 25.8 Å². The first-order chi connectivity index (χ1) is 17.4. The van der Waals surface area contributed by atoms with Gasteiger partial charge < -0.3 is 19.7 Å². The fourth-order valence-corrected chi connectivity index (χ4v) is 5.36.